The van der Waals surface area contributed by atoms with Gasteiger partial charge in [0, 0.05) is 25.2 Å². The summed E-state index contributed by atoms with van der Waals surface area (Å²) in [6.07, 6.45) is 2.29. The summed E-state index contributed by atoms with van der Waals surface area (Å²) in [5.41, 5.74) is 3.47. The van der Waals surface area contributed by atoms with E-state index in [1.165, 1.54) is 11.3 Å². The van der Waals surface area contributed by atoms with E-state index in [9.17, 15) is 4.79 Å². The largest absolute Gasteiger partial charge is 0.353 e. The third-order valence-corrected chi connectivity index (χ3v) is 3.41. The number of carbonyl (C=O) groups is 1. The van der Waals surface area contributed by atoms with E-state index in [2.05, 4.69) is 22.7 Å². The summed E-state index contributed by atoms with van der Waals surface area (Å²) in [7, 11) is 3.85. The Balaban J connectivity index is 0.00000361. The SMILES string of the molecule is CNCCCC(=O)NC(C)Cc1c(C)nn(C)c1C.Cl. The smallest absolute Gasteiger partial charge is 0.220 e. The van der Waals surface area contributed by atoms with Gasteiger partial charge in [0.1, 0.15) is 0 Å². The van der Waals surface area contributed by atoms with Crippen LogP contribution in [0.2, 0.25) is 0 Å². The van der Waals surface area contributed by atoms with Gasteiger partial charge in [-0.05, 0) is 52.8 Å². The molecule has 0 radical (unpaired) electrons. The highest BCUT2D eigenvalue weighted by molar-refractivity contribution is 5.85. The molecule has 1 unspecified atom stereocenters. The molecule has 0 aliphatic heterocycles. The second-order valence-corrected chi connectivity index (χ2v) is 5.15. The Morgan fingerprint density at radius 1 is 1.40 bits per heavy atom. The van der Waals surface area contributed by atoms with Gasteiger partial charge in [0.15, 0.2) is 0 Å². The lowest BCUT2D eigenvalue weighted by Gasteiger charge is -2.14. The lowest BCUT2D eigenvalue weighted by molar-refractivity contribution is -0.121. The lowest BCUT2D eigenvalue weighted by Crippen LogP contribution is -2.34. The van der Waals surface area contributed by atoms with Crippen LogP contribution in [0.1, 0.15) is 36.7 Å². The Morgan fingerprint density at radius 2 is 2.05 bits per heavy atom. The molecule has 0 fully saturated rings. The van der Waals surface area contributed by atoms with Gasteiger partial charge in [-0.3, -0.25) is 9.48 Å². The highest BCUT2D eigenvalue weighted by Crippen LogP contribution is 2.14. The first-order valence-corrected chi connectivity index (χ1v) is 6.88. The summed E-state index contributed by atoms with van der Waals surface area (Å²) < 4.78 is 1.89. The Morgan fingerprint density at radius 3 is 2.55 bits per heavy atom. The zero-order chi connectivity index (χ0) is 14.4. The zero-order valence-corrected chi connectivity index (χ0v) is 13.9. The van der Waals surface area contributed by atoms with E-state index in [0.29, 0.717) is 6.42 Å². The topological polar surface area (TPSA) is 59.0 Å². The Hall–Kier alpha value is -1.07. The van der Waals surface area contributed by atoms with Crippen molar-refractivity contribution >= 4 is 18.3 Å². The van der Waals surface area contributed by atoms with Crippen LogP contribution in [0.15, 0.2) is 0 Å². The molecule has 1 atom stereocenters. The minimum absolute atomic E-state index is 0. The highest BCUT2D eigenvalue weighted by atomic mass is 35.5. The van der Waals surface area contributed by atoms with Gasteiger partial charge in [0.05, 0.1) is 5.69 Å². The predicted molar refractivity (Wildman–Crippen MR) is 84.4 cm³/mol. The summed E-state index contributed by atoms with van der Waals surface area (Å²) in [6.45, 7) is 7.01. The molecule has 1 amide bonds. The molecule has 1 rings (SSSR count). The van der Waals surface area contributed by atoms with Gasteiger partial charge in [0.2, 0.25) is 5.91 Å². The number of aromatic nitrogens is 2. The summed E-state index contributed by atoms with van der Waals surface area (Å²) in [6, 6.07) is 0.142. The second kappa shape index (κ2) is 8.97. The van der Waals surface area contributed by atoms with Crippen LogP contribution in [0.3, 0.4) is 0 Å². The molecule has 1 heterocycles. The van der Waals surface area contributed by atoms with Crippen molar-refractivity contribution in [3.8, 4) is 0 Å². The van der Waals surface area contributed by atoms with Gasteiger partial charge in [-0.25, -0.2) is 0 Å². The van der Waals surface area contributed by atoms with Crippen molar-refractivity contribution in [3.05, 3.63) is 17.0 Å². The molecule has 0 saturated carbocycles. The first-order chi connectivity index (χ1) is 8.95. The van der Waals surface area contributed by atoms with Crippen molar-refractivity contribution in [1.29, 1.82) is 0 Å². The molecular formula is C14H27ClN4O. The number of nitrogens with zero attached hydrogens (tertiary/aromatic N) is 2. The van der Waals surface area contributed by atoms with Gasteiger partial charge in [0.25, 0.3) is 0 Å². The van der Waals surface area contributed by atoms with Crippen LogP contribution in [0.4, 0.5) is 0 Å². The summed E-state index contributed by atoms with van der Waals surface area (Å²) in [5, 5.41) is 10.5. The van der Waals surface area contributed by atoms with Gasteiger partial charge >= 0.3 is 0 Å². The van der Waals surface area contributed by atoms with Crippen molar-refractivity contribution in [1.82, 2.24) is 20.4 Å². The van der Waals surface area contributed by atoms with Crippen LogP contribution in [0, 0.1) is 13.8 Å². The maximum atomic E-state index is 11.7. The van der Waals surface area contributed by atoms with E-state index in [1.54, 1.807) is 0 Å². The fourth-order valence-corrected chi connectivity index (χ4v) is 2.24. The van der Waals surface area contributed by atoms with Crippen LogP contribution in [0.25, 0.3) is 0 Å². The highest BCUT2D eigenvalue weighted by Gasteiger charge is 2.14. The minimum Gasteiger partial charge on any atom is -0.353 e. The lowest BCUT2D eigenvalue weighted by atomic mass is 10.1. The van der Waals surface area contributed by atoms with Crippen molar-refractivity contribution in [2.45, 2.75) is 46.1 Å². The van der Waals surface area contributed by atoms with E-state index >= 15 is 0 Å². The summed E-state index contributed by atoms with van der Waals surface area (Å²) >= 11 is 0. The molecule has 0 bridgehead atoms. The number of hydrogen-bond donors (Lipinski definition) is 2. The number of hydrogen-bond acceptors (Lipinski definition) is 3. The molecule has 20 heavy (non-hydrogen) atoms. The normalized spacial score (nSPS) is 11.8. The van der Waals surface area contributed by atoms with E-state index in [0.717, 1.165) is 25.1 Å². The minimum atomic E-state index is 0. The molecule has 116 valence electrons. The number of halogens is 1. The first kappa shape index (κ1) is 18.9. The van der Waals surface area contributed by atoms with E-state index in [-0.39, 0.29) is 24.4 Å². The van der Waals surface area contributed by atoms with Crippen LogP contribution in [-0.2, 0) is 18.3 Å². The monoisotopic (exact) mass is 302 g/mol. The van der Waals surface area contributed by atoms with Gasteiger partial charge in [-0.15, -0.1) is 12.4 Å². The molecule has 5 nitrogen and oxygen atoms in total. The predicted octanol–water partition coefficient (Wildman–Crippen LogP) is 1.51. The number of amides is 1. The fraction of sp³-hybridized carbons (Fsp3) is 0.714. The number of rotatable bonds is 7. The van der Waals surface area contributed by atoms with Crippen molar-refractivity contribution in [2.24, 2.45) is 7.05 Å². The second-order valence-electron chi connectivity index (χ2n) is 5.15. The number of nitrogens with one attached hydrogen (secondary N) is 2. The average molecular weight is 303 g/mol. The van der Waals surface area contributed by atoms with Crippen LogP contribution >= 0.6 is 12.4 Å². The Bertz CT molecular complexity index is 431. The molecular weight excluding hydrogens is 276 g/mol. The molecule has 1 aromatic rings. The maximum Gasteiger partial charge on any atom is 0.220 e. The molecule has 0 aromatic carbocycles. The molecule has 6 heteroatoms. The van der Waals surface area contributed by atoms with Gasteiger partial charge in [-0.1, -0.05) is 0 Å². The van der Waals surface area contributed by atoms with Crippen molar-refractivity contribution in [3.63, 3.8) is 0 Å². The van der Waals surface area contributed by atoms with E-state index in [4.69, 9.17) is 0 Å². The third-order valence-electron chi connectivity index (χ3n) is 3.41. The van der Waals surface area contributed by atoms with Crippen molar-refractivity contribution in [2.75, 3.05) is 13.6 Å². The number of aryl methyl sites for hydroxylation is 2. The van der Waals surface area contributed by atoms with Crippen LogP contribution < -0.4 is 10.6 Å². The fourth-order valence-electron chi connectivity index (χ4n) is 2.24. The molecule has 2 N–H and O–H groups in total. The maximum absolute atomic E-state index is 11.7. The van der Waals surface area contributed by atoms with E-state index in [1.807, 2.05) is 32.6 Å². The summed E-state index contributed by atoms with van der Waals surface area (Å²) in [5.74, 6) is 0.127. The Labute approximate surface area is 127 Å². The average Bonchev–Trinajstić information content (AvgIpc) is 2.56. The van der Waals surface area contributed by atoms with E-state index < -0.39 is 0 Å². The standard InChI is InChI=1S/C14H26N4O.ClH/c1-10(16-14(19)7-6-8-15-4)9-13-11(2)17-18(5)12(13)3;/h10,15H,6-9H2,1-5H3,(H,16,19);1H. The third kappa shape index (κ3) is 5.51. The summed E-state index contributed by atoms with van der Waals surface area (Å²) in [4.78, 5) is 11.7. The molecule has 0 aliphatic rings. The van der Waals surface area contributed by atoms with Crippen molar-refractivity contribution < 1.29 is 4.79 Å². The van der Waals surface area contributed by atoms with Crippen LogP contribution in [0.5, 0.6) is 0 Å². The first-order valence-electron chi connectivity index (χ1n) is 6.88. The molecule has 0 aliphatic carbocycles. The quantitative estimate of drug-likeness (QED) is 0.751. The van der Waals surface area contributed by atoms with Crippen LogP contribution in [-0.4, -0.2) is 35.3 Å². The van der Waals surface area contributed by atoms with Gasteiger partial charge < -0.3 is 10.6 Å². The van der Waals surface area contributed by atoms with Gasteiger partial charge in [-0.2, -0.15) is 5.10 Å². The molecule has 0 spiro atoms. The zero-order valence-electron chi connectivity index (χ0n) is 13.1. The Kier molecular flexibility index (Phi) is 8.49. The number of carbonyl (C=O) groups excluding carboxylic acids is 1. The molecule has 0 saturated heterocycles. The molecule has 1 aromatic heterocycles.